The molecule has 0 bridgehead atoms. The maximum Gasteiger partial charge on any atom is 0.329 e. The second-order valence-corrected chi connectivity index (χ2v) is 4.45. The van der Waals surface area contributed by atoms with E-state index in [-0.39, 0.29) is 18.0 Å². The third kappa shape index (κ3) is 3.38. The molecule has 22 heavy (non-hydrogen) atoms. The molecule has 1 heterocycles. The molecule has 2 rings (SSSR count). The Morgan fingerprint density at radius 1 is 1.41 bits per heavy atom. The van der Waals surface area contributed by atoms with E-state index >= 15 is 0 Å². The van der Waals surface area contributed by atoms with Crippen molar-refractivity contribution in [3.8, 4) is 5.75 Å². The maximum absolute atomic E-state index is 12.0. The molecule has 0 aliphatic carbocycles. The largest absolute Gasteiger partial charge is 0.508 e. The van der Waals surface area contributed by atoms with Crippen LogP contribution in [-0.2, 0) is 20.7 Å². The molecule has 0 saturated carbocycles. The van der Waals surface area contributed by atoms with Crippen LogP contribution in [0, 0.1) is 0 Å². The molecule has 0 fully saturated rings. The number of benzene rings is 1. The van der Waals surface area contributed by atoms with Gasteiger partial charge in [0.2, 0.25) is 6.41 Å². The Morgan fingerprint density at radius 2 is 2.18 bits per heavy atom. The number of carbonyl (C=O) groups excluding carboxylic acids is 2. The Kier molecular flexibility index (Phi) is 5.02. The fraction of sp³-hybridized carbons (Fsp3) is 0.200. The Hall–Kier alpha value is -2.96. The fourth-order valence-corrected chi connectivity index (χ4v) is 2.03. The van der Waals surface area contributed by atoms with Crippen molar-refractivity contribution >= 4 is 18.2 Å². The molecule has 1 aromatic carbocycles. The van der Waals surface area contributed by atoms with Gasteiger partial charge in [0.25, 0.3) is 0 Å². The molecule has 7 heteroatoms. The SMILES string of the molecule is COC(=O)C(Cc1ccccc1O)N(C=O)c1cnccn1. The van der Waals surface area contributed by atoms with Crippen LogP contribution >= 0.6 is 0 Å². The van der Waals surface area contributed by atoms with Crippen molar-refractivity contribution in [2.24, 2.45) is 0 Å². The van der Waals surface area contributed by atoms with Crippen molar-refractivity contribution in [2.45, 2.75) is 12.5 Å². The molecule has 1 unspecified atom stereocenters. The number of aromatic nitrogens is 2. The van der Waals surface area contributed by atoms with Gasteiger partial charge >= 0.3 is 5.97 Å². The number of nitrogens with zero attached hydrogens (tertiary/aromatic N) is 3. The van der Waals surface area contributed by atoms with E-state index in [9.17, 15) is 14.7 Å². The number of methoxy groups -OCH3 is 1. The summed E-state index contributed by atoms with van der Waals surface area (Å²) >= 11 is 0. The monoisotopic (exact) mass is 301 g/mol. The van der Waals surface area contributed by atoms with Crippen LogP contribution in [-0.4, -0.2) is 40.6 Å². The molecular weight excluding hydrogens is 286 g/mol. The first-order valence-electron chi connectivity index (χ1n) is 6.51. The smallest absolute Gasteiger partial charge is 0.329 e. The van der Waals surface area contributed by atoms with Gasteiger partial charge in [-0.05, 0) is 11.6 Å². The molecule has 0 aliphatic heterocycles. The number of anilines is 1. The van der Waals surface area contributed by atoms with Gasteiger partial charge < -0.3 is 9.84 Å². The van der Waals surface area contributed by atoms with Gasteiger partial charge in [0.1, 0.15) is 11.8 Å². The Bertz CT molecular complexity index is 648. The normalized spacial score (nSPS) is 11.5. The van der Waals surface area contributed by atoms with E-state index in [2.05, 4.69) is 9.97 Å². The lowest BCUT2D eigenvalue weighted by molar-refractivity contribution is -0.142. The van der Waals surface area contributed by atoms with Crippen LogP contribution < -0.4 is 4.90 Å². The number of amides is 1. The Labute approximate surface area is 127 Å². The minimum absolute atomic E-state index is 0.0430. The van der Waals surface area contributed by atoms with E-state index in [0.717, 1.165) is 4.90 Å². The van der Waals surface area contributed by atoms with Crippen LogP contribution in [0.15, 0.2) is 42.9 Å². The van der Waals surface area contributed by atoms with E-state index in [1.54, 1.807) is 18.2 Å². The third-order valence-corrected chi connectivity index (χ3v) is 3.14. The van der Waals surface area contributed by atoms with E-state index in [1.807, 2.05) is 0 Å². The van der Waals surface area contributed by atoms with E-state index in [4.69, 9.17) is 4.74 Å². The molecule has 0 radical (unpaired) electrons. The predicted molar refractivity (Wildman–Crippen MR) is 78.2 cm³/mol. The third-order valence-electron chi connectivity index (χ3n) is 3.14. The molecule has 1 amide bonds. The summed E-state index contributed by atoms with van der Waals surface area (Å²) < 4.78 is 4.76. The molecule has 114 valence electrons. The number of phenolic OH excluding ortho intramolecular Hbond substituents is 1. The van der Waals surface area contributed by atoms with Crippen LogP contribution in [0.4, 0.5) is 5.82 Å². The standard InChI is InChI=1S/C15H15N3O4/c1-22-15(21)12(8-11-4-2-3-5-13(11)20)18(10-19)14-9-16-6-7-17-14/h2-7,9-10,12,20H,8H2,1H3. The van der Waals surface area contributed by atoms with Gasteiger partial charge in [0.15, 0.2) is 5.82 Å². The van der Waals surface area contributed by atoms with Crippen molar-refractivity contribution in [1.29, 1.82) is 0 Å². The second kappa shape index (κ2) is 7.16. The maximum atomic E-state index is 12.0. The summed E-state index contributed by atoms with van der Waals surface area (Å²) in [7, 11) is 1.24. The van der Waals surface area contributed by atoms with Gasteiger partial charge in [-0.3, -0.25) is 14.7 Å². The van der Waals surface area contributed by atoms with Gasteiger partial charge in [-0.1, -0.05) is 18.2 Å². The molecule has 0 saturated heterocycles. The highest BCUT2D eigenvalue weighted by atomic mass is 16.5. The highest BCUT2D eigenvalue weighted by molar-refractivity contribution is 5.88. The predicted octanol–water partition coefficient (Wildman–Crippen LogP) is 0.929. The first-order valence-corrected chi connectivity index (χ1v) is 6.51. The summed E-state index contributed by atoms with van der Waals surface area (Å²) in [6.45, 7) is 0. The zero-order valence-corrected chi connectivity index (χ0v) is 11.9. The zero-order valence-electron chi connectivity index (χ0n) is 11.9. The topological polar surface area (TPSA) is 92.6 Å². The lowest BCUT2D eigenvalue weighted by Crippen LogP contribution is -2.43. The summed E-state index contributed by atoms with van der Waals surface area (Å²) in [4.78, 5) is 32.5. The summed E-state index contributed by atoms with van der Waals surface area (Å²) in [6.07, 6.45) is 4.83. The molecule has 0 spiro atoms. The summed E-state index contributed by atoms with van der Waals surface area (Å²) in [5.74, 6) is -0.342. The van der Waals surface area contributed by atoms with Crippen LogP contribution in [0.3, 0.4) is 0 Å². The average molecular weight is 301 g/mol. The second-order valence-electron chi connectivity index (χ2n) is 4.45. The molecule has 7 nitrogen and oxygen atoms in total. The van der Waals surface area contributed by atoms with Crippen molar-refractivity contribution in [1.82, 2.24) is 9.97 Å². The summed E-state index contributed by atoms with van der Waals surface area (Å²) in [5, 5.41) is 9.85. The molecular formula is C15H15N3O4. The number of hydrogen-bond acceptors (Lipinski definition) is 6. The van der Waals surface area contributed by atoms with Gasteiger partial charge in [0.05, 0.1) is 13.3 Å². The average Bonchev–Trinajstić information content (AvgIpc) is 2.56. The number of rotatable bonds is 6. The molecule has 1 N–H and O–H groups in total. The van der Waals surface area contributed by atoms with Crippen molar-refractivity contribution in [3.05, 3.63) is 48.4 Å². The fourth-order valence-electron chi connectivity index (χ4n) is 2.03. The van der Waals surface area contributed by atoms with Crippen LogP contribution in [0.2, 0.25) is 0 Å². The van der Waals surface area contributed by atoms with Gasteiger partial charge in [-0.15, -0.1) is 0 Å². The number of ether oxygens (including phenoxy) is 1. The highest BCUT2D eigenvalue weighted by Gasteiger charge is 2.29. The summed E-state index contributed by atoms with van der Waals surface area (Å²) in [5.41, 5.74) is 0.522. The first-order chi connectivity index (χ1) is 10.7. The Morgan fingerprint density at radius 3 is 2.77 bits per heavy atom. The van der Waals surface area contributed by atoms with Crippen molar-refractivity contribution in [3.63, 3.8) is 0 Å². The van der Waals surface area contributed by atoms with Crippen LogP contribution in [0.5, 0.6) is 5.75 Å². The van der Waals surface area contributed by atoms with Crippen LogP contribution in [0.1, 0.15) is 5.56 Å². The summed E-state index contributed by atoms with van der Waals surface area (Å²) in [6, 6.07) is 5.64. The number of hydrogen-bond donors (Lipinski definition) is 1. The lowest BCUT2D eigenvalue weighted by Gasteiger charge is -2.25. The minimum Gasteiger partial charge on any atom is -0.508 e. The molecule has 2 aromatic rings. The number of carbonyl (C=O) groups is 2. The first kappa shape index (κ1) is 15.4. The van der Waals surface area contributed by atoms with Gasteiger partial charge in [-0.25, -0.2) is 9.78 Å². The molecule has 0 aliphatic rings. The molecule has 1 atom stereocenters. The van der Waals surface area contributed by atoms with Gasteiger partial charge in [0, 0.05) is 18.8 Å². The van der Waals surface area contributed by atoms with E-state index < -0.39 is 12.0 Å². The zero-order chi connectivity index (χ0) is 15.9. The lowest BCUT2D eigenvalue weighted by atomic mass is 10.0. The van der Waals surface area contributed by atoms with Gasteiger partial charge in [-0.2, -0.15) is 0 Å². The van der Waals surface area contributed by atoms with Crippen molar-refractivity contribution in [2.75, 3.05) is 12.0 Å². The minimum atomic E-state index is -0.951. The number of phenols is 1. The number of aromatic hydroxyl groups is 1. The molecule has 1 aromatic heterocycles. The highest BCUT2D eigenvalue weighted by Crippen LogP contribution is 2.21. The van der Waals surface area contributed by atoms with Crippen molar-refractivity contribution < 1.29 is 19.4 Å². The number of esters is 1. The van der Waals surface area contributed by atoms with Crippen LogP contribution in [0.25, 0.3) is 0 Å². The van der Waals surface area contributed by atoms with E-state index in [0.29, 0.717) is 12.0 Å². The quantitative estimate of drug-likeness (QED) is 0.630. The van der Waals surface area contributed by atoms with E-state index in [1.165, 1.54) is 31.8 Å². The Balaban J connectivity index is 2.35. The number of para-hydroxylation sites is 1.